The van der Waals surface area contributed by atoms with Crippen molar-refractivity contribution in [3.63, 3.8) is 0 Å². The van der Waals surface area contributed by atoms with Crippen LogP contribution in [0.4, 0.5) is 10.1 Å². The molecule has 0 saturated carbocycles. The Morgan fingerprint density at radius 3 is 2.17 bits per heavy atom. The van der Waals surface area contributed by atoms with Crippen molar-refractivity contribution in [1.82, 2.24) is 10.2 Å². The van der Waals surface area contributed by atoms with Crippen molar-refractivity contribution in [2.24, 2.45) is 5.73 Å². The lowest BCUT2D eigenvalue weighted by molar-refractivity contribution is -0.132. The number of carbonyl (C=O) groups excluding carboxylic acids is 2. The molecule has 2 rings (SSSR count). The molecule has 0 radical (unpaired) electrons. The van der Waals surface area contributed by atoms with Crippen molar-refractivity contribution in [3.8, 4) is 0 Å². The highest BCUT2D eigenvalue weighted by atomic mass is 35.5. The molecule has 9 heteroatoms. The van der Waals surface area contributed by atoms with Gasteiger partial charge in [0.15, 0.2) is 0 Å². The fourth-order valence-corrected chi connectivity index (χ4v) is 2.22. The van der Waals surface area contributed by atoms with Gasteiger partial charge in [-0.3, -0.25) is 9.59 Å². The summed E-state index contributed by atoms with van der Waals surface area (Å²) in [7, 11) is 0. The van der Waals surface area contributed by atoms with E-state index in [1.165, 1.54) is 12.1 Å². The highest BCUT2D eigenvalue weighted by Crippen LogP contribution is 2.16. The number of amides is 2. The number of piperazine rings is 1. The molecule has 6 nitrogen and oxygen atoms in total. The first kappa shape index (κ1) is 21.4. The van der Waals surface area contributed by atoms with Crippen LogP contribution < -0.4 is 16.0 Å². The molecule has 0 atom stereocenters. The van der Waals surface area contributed by atoms with Gasteiger partial charge in [0.1, 0.15) is 5.82 Å². The van der Waals surface area contributed by atoms with Gasteiger partial charge >= 0.3 is 0 Å². The quantitative estimate of drug-likeness (QED) is 0.807. The Hall–Kier alpha value is -1.57. The molecule has 0 bridgehead atoms. The Labute approximate surface area is 147 Å². The number of halogens is 3. The van der Waals surface area contributed by atoms with Crippen molar-refractivity contribution in [2.75, 3.05) is 44.2 Å². The van der Waals surface area contributed by atoms with Gasteiger partial charge in [0.2, 0.25) is 11.8 Å². The minimum Gasteiger partial charge on any atom is -0.368 e. The molecule has 0 unspecified atom stereocenters. The van der Waals surface area contributed by atoms with E-state index < -0.39 is 0 Å². The van der Waals surface area contributed by atoms with Crippen LogP contribution in [0.5, 0.6) is 0 Å². The Morgan fingerprint density at radius 1 is 1.09 bits per heavy atom. The molecule has 0 spiro atoms. The van der Waals surface area contributed by atoms with E-state index in [-0.39, 0.29) is 55.5 Å². The SMILES string of the molecule is Cl.Cl.NCC(=O)NCC(=O)N1CCN(c2ccc(F)cc2)CC1. The van der Waals surface area contributed by atoms with Crippen LogP contribution in [0, 0.1) is 5.82 Å². The van der Waals surface area contributed by atoms with E-state index >= 15 is 0 Å². The molecule has 1 aromatic carbocycles. The highest BCUT2D eigenvalue weighted by molar-refractivity contribution is 5.86. The summed E-state index contributed by atoms with van der Waals surface area (Å²) >= 11 is 0. The van der Waals surface area contributed by atoms with Gasteiger partial charge in [-0.1, -0.05) is 0 Å². The second-order valence-electron chi connectivity index (χ2n) is 4.83. The van der Waals surface area contributed by atoms with Crippen molar-refractivity contribution in [3.05, 3.63) is 30.1 Å². The Kier molecular flexibility index (Phi) is 9.55. The minimum absolute atomic E-state index is 0. The van der Waals surface area contributed by atoms with Crippen molar-refractivity contribution in [2.45, 2.75) is 0 Å². The maximum absolute atomic E-state index is 12.9. The fraction of sp³-hybridized carbons (Fsp3) is 0.429. The number of rotatable bonds is 4. The predicted octanol–water partition coefficient (Wildman–Crippen LogP) is 0.393. The van der Waals surface area contributed by atoms with E-state index in [2.05, 4.69) is 10.2 Å². The zero-order chi connectivity index (χ0) is 15.2. The molecule has 1 fully saturated rings. The molecule has 0 aromatic heterocycles. The fourth-order valence-electron chi connectivity index (χ4n) is 2.22. The first-order valence-corrected chi connectivity index (χ1v) is 6.85. The van der Waals surface area contributed by atoms with Crippen molar-refractivity contribution < 1.29 is 14.0 Å². The Morgan fingerprint density at radius 2 is 1.65 bits per heavy atom. The summed E-state index contributed by atoms with van der Waals surface area (Å²) < 4.78 is 12.9. The second kappa shape index (κ2) is 10.3. The maximum Gasteiger partial charge on any atom is 0.242 e. The van der Waals surface area contributed by atoms with Gasteiger partial charge in [0.25, 0.3) is 0 Å². The molecule has 1 aliphatic rings. The van der Waals surface area contributed by atoms with Crippen LogP contribution in [-0.2, 0) is 9.59 Å². The van der Waals surface area contributed by atoms with Crippen molar-refractivity contribution >= 4 is 42.3 Å². The third-order valence-corrected chi connectivity index (χ3v) is 3.45. The number of hydrogen-bond donors (Lipinski definition) is 2. The summed E-state index contributed by atoms with van der Waals surface area (Å²) in [6.45, 7) is 2.38. The summed E-state index contributed by atoms with van der Waals surface area (Å²) in [5, 5.41) is 2.47. The number of nitrogens with zero attached hydrogens (tertiary/aromatic N) is 2. The predicted molar refractivity (Wildman–Crippen MR) is 91.8 cm³/mol. The molecule has 1 aromatic rings. The van der Waals surface area contributed by atoms with Gasteiger partial charge in [-0.05, 0) is 24.3 Å². The number of hydrogen-bond acceptors (Lipinski definition) is 4. The van der Waals surface area contributed by atoms with Gasteiger partial charge in [0, 0.05) is 31.9 Å². The highest BCUT2D eigenvalue weighted by Gasteiger charge is 2.21. The number of anilines is 1. The number of nitrogens with one attached hydrogen (secondary N) is 1. The van der Waals surface area contributed by atoms with Crippen LogP contribution in [0.3, 0.4) is 0 Å². The van der Waals surface area contributed by atoms with Crippen LogP contribution in [-0.4, -0.2) is 56.0 Å². The average molecular weight is 367 g/mol. The van der Waals surface area contributed by atoms with E-state index in [1.807, 2.05) is 0 Å². The molecule has 1 saturated heterocycles. The molecule has 130 valence electrons. The molecule has 1 aliphatic heterocycles. The average Bonchev–Trinajstić information content (AvgIpc) is 2.53. The van der Waals surface area contributed by atoms with E-state index in [0.29, 0.717) is 26.2 Å². The zero-order valence-electron chi connectivity index (χ0n) is 12.5. The summed E-state index contributed by atoms with van der Waals surface area (Å²) in [5.74, 6) is -0.716. The number of nitrogens with two attached hydrogens (primary N) is 1. The molecule has 2 amide bonds. The third-order valence-electron chi connectivity index (χ3n) is 3.45. The third kappa shape index (κ3) is 6.21. The normalized spacial score (nSPS) is 13.7. The standard InChI is InChI=1S/C14H19FN4O2.2ClH/c15-11-1-3-12(4-2-11)18-5-7-19(8-6-18)14(21)10-17-13(20)9-16;;/h1-4H,5-10,16H2,(H,17,20);2*1H. The monoisotopic (exact) mass is 366 g/mol. The molecular formula is C14H21Cl2FN4O2. The topological polar surface area (TPSA) is 78.7 Å². The second-order valence-corrected chi connectivity index (χ2v) is 4.83. The smallest absolute Gasteiger partial charge is 0.242 e. The van der Waals surface area contributed by atoms with Crippen LogP contribution >= 0.6 is 24.8 Å². The van der Waals surface area contributed by atoms with Gasteiger partial charge in [-0.25, -0.2) is 4.39 Å². The van der Waals surface area contributed by atoms with Gasteiger partial charge < -0.3 is 20.9 Å². The van der Waals surface area contributed by atoms with E-state index in [9.17, 15) is 14.0 Å². The van der Waals surface area contributed by atoms with E-state index in [4.69, 9.17) is 5.73 Å². The summed E-state index contributed by atoms with van der Waals surface area (Å²) in [4.78, 5) is 26.7. The van der Waals surface area contributed by atoms with Crippen LogP contribution in [0.1, 0.15) is 0 Å². The van der Waals surface area contributed by atoms with Gasteiger partial charge in [0.05, 0.1) is 13.1 Å². The Balaban J connectivity index is 0.00000242. The number of benzene rings is 1. The Bertz CT molecular complexity index is 508. The summed E-state index contributed by atoms with van der Waals surface area (Å²) in [6.07, 6.45) is 0. The molecular weight excluding hydrogens is 346 g/mol. The van der Waals surface area contributed by atoms with Crippen molar-refractivity contribution in [1.29, 1.82) is 0 Å². The molecule has 1 heterocycles. The molecule has 23 heavy (non-hydrogen) atoms. The number of carbonyl (C=O) groups is 2. The maximum atomic E-state index is 12.9. The van der Waals surface area contributed by atoms with Gasteiger partial charge in [-0.2, -0.15) is 0 Å². The summed E-state index contributed by atoms with van der Waals surface area (Å²) in [6, 6.07) is 6.31. The lowest BCUT2D eigenvalue weighted by atomic mass is 10.2. The van der Waals surface area contributed by atoms with Crippen LogP contribution in [0.15, 0.2) is 24.3 Å². The minimum atomic E-state index is -0.340. The van der Waals surface area contributed by atoms with Gasteiger partial charge in [-0.15, -0.1) is 24.8 Å². The lowest BCUT2D eigenvalue weighted by Gasteiger charge is -2.36. The van der Waals surface area contributed by atoms with Crippen LogP contribution in [0.2, 0.25) is 0 Å². The molecule has 0 aliphatic carbocycles. The van der Waals surface area contributed by atoms with E-state index in [1.54, 1.807) is 17.0 Å². The largest absolute Gasteiger partial charge is 0.368 e. The summed E-state index contributed by atoms with van der Waals surface area (Å²) in [5.41, 5.74) is 6.10. The molecule has 3 N–H and O–H groups in total. The lowest BCUT2D eigenvalue weighted by Crippen LogP contribution is -2.51. The zero-order valence-corrected chi connectivity index (χ0v) is 14.2. The van der Waals surface area contributed by atoms with E-state index in [0.717, 1.165) is 5.69 Å². The first-order valence-electron chi connectivity index (χ1n) is 6.85. The van der Waals surface area contributed by atoms with Crippen LogP contribution in [0.25, 0.3) is 0 Å². The first-order chi connectivity index (χ1) is 10.1.